The van der Waals surface area contributed by atoms with E-state index < -0.39 is 24.1 Å². The van der Waals surface area contributed by atoms with Gasteiger partial charge < -0.3 is 20.1 Å². The third-order valence-corrected chi connectivity index (χ3v) is 5.32. The van der Waals surface area contributed by atoms with E-state index in [4.69, 9.17) is 15.2 Å². The van der Waals surface area contributed by atoms with Crippen molar-refractivity contribution in [3.63, 3.8) is 0 Å². The lowest BCUT2D eigenvalue weighted by atomic mass is 9.98. The molecular weight excluding hydrogens is 377 g/mol. The lowest BCUT2D eigenvalue weighted by Crippen LogP contribution is -2.36. The third kappa shape index (κ3) is 3.69. The van der Waals surface area contributed by atoms with E-state index in [1.165, 1.54) is 17.0 Å². The van der Waals surface area contributed by atoms with Crippen molar-refractivity contribution in [1.82, 2.24) is 14.5 Å². The molecule has 8 nitrogen and oxygen atoms in total. The number of allylic oxidation sites excluding steroid dienone is 2. The number of ether oxygens (including phenoxy) is 2. The summed E-state index contributed by atoms with van der Waals surface area (Å²) in [6.07, 6.45) is 4.10. The van der Waals surface area contributed by atoms with Gasteiger partial charge in [-0.25, -0.2) is 23.7 Å². The molecule has 2 aliphatic rings. The van der Waals surface area contributed by atoms with Gasteiger partial charge in [0.2, 0.25) is 0 Å². The minimum absolute atomic E-state index is 0.0929. The Morgan fingerprint density at radius 3 is 3.00 bits per heavy atom. The number of imidazole rings is 1. The van der Waals surface area contributed by atoms with E-state index in [1.54, 1.807) is 6.92 Å². The van der Waals surface area contributed by atoms with Gasteiger partial charge in [-0.05, 0) is 50.5 Å². The maximum Gasteiger partial charge on any atom is 0.421 e. The molecule has 3 atom stereocenters. The molecule has 0 aromatic carbocycles. The quantitative estimate of drug-likeness (QED) is 0.785. The molecule has 154 valence electrons. The summed E-state index contributed by atoms with van der Waals surface area (Å²) < 4.78 is 26.8. The lowest BCUT2D eigenvalue weighted by molar-refractivity contribution is 0.00743. The Kier molecular flexibility index (Phi) is 5.23. The van der Waals surface area contributed by atoms with Crippen molar-refractivity contribution >= 4 is 23.1 Å². The molecule has 1 unspecified atom stereocenters. The monoisotopic (exact) mass is 401 g/mol. The van der Waals surface area contributed by atoms with Crippen LogP contribution in [0.4, 0.5) is 15.0 Å². The van der Waals surface area contributed by atoms with Crippen molar-refractivity contribution in [2.45, 2.75) is 44.9 Å². The molecule has 1 saturated heterocycles. The Morgan fingerprint density at radius 1 is 1.38 bits per heavy atom. The van der Waals surface area contributed by atoms with Gasteiger partial charge in [0.15, 0.2) is 5.65 Å². The van der Waals surface area contributed by atoms with E-state index in [-0.39, 0.29) is 12.6 Å². The topological polar surface area (TPSA) is 95.5 Å². The Labute approximate surface area is 167 Å². The largest absolute Gasteiger partial charge is 0.443 e. The molecule has 1 fully saturated rings. The maximum atomic E-state index is 14.1. The molecule has 2 N–H and O–H groups in total. The predicted octanol–water partition coefficient (Wildman–Crippen LogP) is 2.89. The van der Waals surface area contributed by atoms with E-state index in [1.807, 2.05) is 19.1 Å². The van der Waals surface area contributed by atoms with E-state index in [0.29, 0.717) is 17.0 Å². The standard InChI is InChI=1S/C20H24FN5O3/c1-12-10-28-13(2)15(8-14(21)9-22)17-4-3-7-25(17)18-6-5-16-19(24-18)26(11-23-16)20(27)29-12/h5-6,8-9,11-13,17H,3-4,7,10,22H2,1-2H3/b14-9+,15-8+/t12-,13?,17-/m1/s1. The van der Waals surface area contributed by atoms with Crippen LogP contribution < -0.4 is 10.6 Å². The number of hydrogen-bond donors (Lipinski definition) is 1. The molecule has 0 saturated carbocycles. The molecule has 4 heterocycles. The summed E-state index contributed by atoms with van der Waals surface area (Å²) in [5, 5.41) is 0. The van der Waals surface area contributed by atoms with E-state index in [0.717, 1.165) is 31.2 Å². The first-order valence-electron chi connectivity index (χ1n) is 9.70. The van der Waals surface area contributed by atoms with Crippen LogP contribution in [0.2, 0.25) is 0 Å². The number of hydrogen-bond acceptors (Lipinski definition) is 7. The van der Waals surface area contributed by atoms with Crippen LogP contribution in [0.1, 0.15) is 26.7 Å². The summed E-state index contributed by atoms with van der Waals surface area (Å²) in [5.41, 5.74) is 7.17. The van der Waals surface area contributed by atoms with Crippen molar-refractivity contribution in [2.24, 2.45) is 5.73 Å². The zero-order valence-electron chi connectivity index (χ0n) is 16.4. The average Bonchev–Trinajstić information content (AvgIpc) is 3.35. The summed E-state index contributed by atoms with van der Waals surface area (Å²) >= 11 is 0. The van der Waals surface area contributed by atoms with E-state index in [9.17, 15) is 9.18 Å². The summed E-state index contributed by atoms with van der Waals surface area (Å²) in [4.78, 5) is 23.6. The molecular formula is C20H24FN5O3. The molecule has 29 heavy (non-hydrogen) atoms. The Morgan fingerprint density at radius 2 is 2.21 bits per heavy atom. The molecule has 0 aliphatic carbocycles. The van der Waals surface area contributed by atoms with Gasteiger partial charge in [-0.3, -0.25) is 0 Å². The first-order valence-corrected chi connectivity index (χ1v) is 9.70. The Balaban J connectivity index is 1.84. The fraction of sp³-hybridized carbons (Fsp3) is 0.450. The van der Waals surface area contributed by atoms with Crippen molar-refractivity contribution in [1.29, 1.82) is 0 Å². The van der Waals surface area contributed by atoms with Crippen molar-refractivity contribution < 1.29 is 18.7 Å². The normalized spacial score (nSPS) is 27.5. The number of aromatic nitrogens is 3. The summed E-state index contributed by atoms with van der Waals surface area (Å²) in [6.45, 7) is 4.54. The summed E-state index contributed by atoms with van der Waals surface area (Å²) in [7, 11) is 0. The minimum atomic E-state index is -0.564. The number of rotatable bonds is 1. The van der Waals surface area contributed by atoms with Crippen LogP contribution in [-0.4, -0.2) is 52.0 Å². The molecule has 2 aromatic heterocycles. The summed E-state index contributed by atoms with van der Waals surface area (Å²) in [6, 6.07) is 3.60. The van der Waals surface area contributed by atoms with Gasteiger partial charge >= 0.3 is 6.09 Å². The first-order chi connectivity index (χ1) is 14.0. The van der Waals surface area contributed by atoms with Crippen LogP contribution in [0.5, 0.6) is 0 Å². The van der Waals surface area contributed by atoms with Gasteiger partial charge in [-0.2, -0.15) is 0 Å². The van der Waals surface area contributed by atoms with Gasteiger partial charge in [0.05, 0.1) is 18.8 Å². The highest BCUT2D eigenvalue weighted by Crippen LogP contribution is 2.32. The van der Waals surface area contributed by atoms with Crippen LogP contribution in [0.3, 0.4) is 0 Å². The van der Waals surface area contributed by atoms with Crippen LogP contribution in [0.15, 0.2) is 42.1 Å². The predicted molar refractivity (Wildman–Crippen MR) is 106 cm³/mol. The molecule has 0 amide bonds. The Bertz CT molecular complexity index is 986. The third-order valence-electron chi connectivity index (χ3n) is 5.32. The SMILES string of the molecule is CC1OC[C@@H](C)OC(=O)n2cnc3ccc(nc32)N2CCC[C@@H]2/C1=C/C(F)=C\N. The number of halogens is 1. The van der Waals surface area contributed by atoms with Gasteiger partial charge in [0.25, 0.3) is 0 Å². The van der Waals surface area contributed by atoms with E-state index in [2.05, 4.69) is 14.9 Å². The zero-order valence-corrected chi connectivity index (χ0v) is 16.4. The number of nitrogens with two attached hydrogens (primary N) is 1. The number of carbonyl (C=O) groups excluding carboxylic acids is 1. The second kappa shape index (κ2) is 7.82. The Hall–Kier alpha value is -2.94. The lowest BCUT2D eigenvalue weighted by Gasteiger charge is -2.31. The van der Waals surface area contributed by atoms with Crippen molar-refractivity contribution in [3.05, 3.63) is 42.1 Å². The number of fused-ring (bicyclic) bond motifs is 3. The molecule has 4 rings (SSSR count). The molecule has 2 aromatic rings. The van der Waals surface area contributed by atoms with Gasteiger partial charge in [-0.15, -0.1) is 0 Å². The molecule has 0 radical (unpaired) electrons. The van der Waals surface area contributed by atoms with E-state index >= 15 is 0 Å². The number of carbonyl (C=O) groups is 1. The number of nitrogens with zero attached hydrogens (tertiary/aromatic N) is 4. The maximum absolute atomic E-state index is 14.1. The van der Waals surface area contributed by atoms with Gasteiger partial charge in [0.1, 0.15) is 29.6 Å². The molecule has 2 aliphatic heterocycles. The van der Waals surface area contributed by atoms with Crippen LogP contribution in [0, 0.1) is 0 Å². The fourth-order valence-corrected chi connectivity index (χ4v) is 3.90. The highest BCUT2D eigenvalue weighted by molar-refractivity contribution is 5.85. The van der Waals surface area contributed by atoms with Gasteiger partial charge in [-0.1, -0.05) is 0 Å². The molecule has 0 spiro atoms. The van der Waals surface area contributed by atoms with Gasteiger partial charge in [0, 0.05) is 12.7 Å². The second-order valence-corrected chi connectivity index (χ2v) is 7.34. The average molecular weight is 401 g/mol. The highest BCUT2D eigenvalue weighted by atomic mass is 19.1. The molecule has 9 heteroatoms. The highest BCUT2D eigenvalue weighted by Gasteiger charge is 2.33. The first kappa shape index (κ1) is 19.4. The minimum Gasteiger partial charge on any atom is -0.443 e. The number of anilines is 1. The summed E-state index contributed by atoms with van der Waals surface area (Å²) in [5.74, 6) is 0.171. The number of cyclic esters (lactones) is 1. The van der Waals surface area contributed by atoms with Crippen LogP contribution >= 0.6 is 0 Å². The van der Waals surface area contributed by atoms with Crippen molar-refractivity contribution in [3.8, 4) is 0 Å². The van der Waals surface area contributed by atoms with Crippen molar-refractivity contribution in [2.75, 3.05) is 18.1 Å². The van der Waals surface area contributed by atoms with Crippen LogP contribution in [-0.2, 0) is 9.47 Å². The fourth-order valence-electron chi connectivity index (χ4n) is 3.90. The smallest absolute Gasteiger partial charge is 0.421 e. The number of pyridine rings is 1. The second-order valence-electron chi connectivity index (χ2n) is 7.34. The molecule has 2 bridgehead atoms. The van der Waals surface area contributed by atoms with Crippen LogP contribution in [0.25, 0.3) is 11.2 Å². The zero-order chi connectivity index (χ0) is 20.5.